The molecule has 2 aromatic rings. The van der Waals surface area contributed by atoms with Crippen LogP contribution in [0.15, 0.2) is 54.6 Å². The largest absolute Gasteiger partial charge is 0.453 e. The van der Waals surface area contributed by atoms with E-state index in [0.29, 0.717) is 18.5 Å². The van der Waals surface area contributed by atoms with E-state index >= 15 is 0 Å². The Labute approximate surface area is 141 Å². The van der Waals surface area contributed by atoms with Crippen LogP contribution in [-0.2, 0) is 20.7 Å². The lowest BCUT2D eigenvalue weighted by Gasteiger charge is -2.11. The number of aryl methyl sites for hydroxylation is 1. The molecule has 0 saturated heterocycles. The third kappa shape index (κ3) is 5.21. The molecule has 0 bridgehead atoms. The fourth-order valence-corrected chi connectivity index (χ4v) is 2.27. The fourth-order valence-electron chi connectivity index (χ4n) is 2.27. The molecule has 5 nitrogen and oxygen atoms in total. The van der Waals surface area contributed by atoms with E-state index in [4.69, 9.17) is 4.74 Å². The highest BCUT2D eigenvalue weighted by Crippen LogP contribution is 2.13. The van der Waals surface area contributed by atoms with Gasteiger partial charge in [0.2, 0.25) is 0 Å². The number of carbonyl (C=O) groups excluding carboxylic acids is 2. The molecule has 126 valence electrons. The lowest BCUT2D eigenvalue weighted by molar-refractivity contribution is -0.157. The third-order valence-electron chi connectivity index (χ3n) is 3.66. The van der Waals surface area contributed by atoms with Crippen molar-refractivity contribution in [1.29, 1.82) is 0 Å². The van der Waals surface area contributed by atoms with Gasteiger partial charge in [0, 0.05) is 6.54 Å². The number of nitrogens with one attached hydrogen (secondary N) is 1. The second-order valence-electron chi connectivity index (χ2n) is 5.45. The first-order valence-corrected chi connectivity index (χ1v) is 7.79. The molecule has 0 fully saturated rings. The van der Waals surface area contributed by atoms with E-state index in [9.17, 15) is 14.7 Å². The number of aliphatic hydroxyl groups is 1. The van der Waals surface area contributed by atoms with Crippen LogP contribution in [0.5, 0.6) is 0 Å². The first-order valence-electron chi connectivity index (χ1n) is 7.79. The Morgan fingerprint density at radius 2 is 1.75 bits per heavy atom. The van der Waals surface area contributed by atoms with Gasteiger partial charge in [-0.15, -0.1) is 0 Å². The van der Waals surface area contributed by atoms with Crippen LogP contribution >= 0.6 is 0 Å². The van der Waals surface area contributed by atoms with Crippen LogP contribution in [-0.4, -0.2) is 30.1 Å². The minimum Gasteiger partial charge on any atom is -0.453 e. The van der Waals surface area contributed by atoms with E-state index in [1.807, 2.05) is 31.2 Å². The fraction of sp³-hybridized carbons (Fsp3) is 0.263. The van der Waals surface area contributed by atoms with Crippen molar-refractivity contribution in [3.8, 4) is 0 Å². The molecule has 5 heteroatoms. The summed E-state index contributed by atoms with van der Waals surface area (Å²) in [6.07, 6.45) is -0.676. The number of hydrogen-bond donors (Lipinski definition) is 2. The Bertz CT molecular complexity index is 685. The molecule has 1 atom stereocenters. The van der Waals surface area contributed by atoms with Crippen molar-refractivity contribution >= 4 is 11.9 Å². The maximum Gasteiger partial charge on any atom is 0.340 e. The van der Waals surface area contributed by atoms with Crippen LogP contribution in [0, 0.1) is 6.92 Å². The van der Waals surface area contributed by atoms with E-state index < -0.39 is 24.6 Å². The first-order chi connectivity index (χ1) is 11.6. The predicted molar refractivity (Wildman–Crippen MR) is 90.3 cm³/mol. The quantitative estimate of drug-likeness (QED) is 0.762. The van der Waals surface area contributed by atoms with E-state index in [-0.39, 0.29) is 0 Å². The van der Waals surface area contributed by atoms with Gasteiger partial charge < -0.3 is 15.2 Å². The molecule has 1 amide bonds. The van der Waals surface area contributed by atoms with Gasteiger partial charge in [0.25, 0.3) is 5.91 Å². The molecular formula is C19H21NO4. The number of ether oxygens (including phenoxy) is 1. The van der Waals surface area contributed by atoms with Gasteiger partial charge in [-0.25, -0.2) is 4.79 Å². The predicted octanol–water partition coefficient (Wildman–Crippen LogP) is 1.93. The zero-order chi connectivity index (χ0) is 17.4. The summed E-state index contributed by atoms with van der Waals surface area (Å²) in [7, 11) is 0. The summed E-state index contributed by atoms with van der Waals surface area (Å²) in [6.45, 7) is 2.07. The lowest BCUT2D eigenvalue weighted by Crippen LogP contribution is -2.31. The zero-order valence-electron chi connectivity index (χ0n) is 13.6. The molecule has 2 aromatic carbocycles. The maximum atomic E-state index is 11.7. The summed E-state index contributed by atoms with van der Waals surface area (Å²) < 4.78 is 4.85. The monoisotopic (exact) mass is 327 g/mol. The Morgan fingerprint density at radius 1 is 1.08 bits per heavy atom. The van der Waals surface area contributed by atoms with Gasteiger partial charge in [0.15, 0.2) is 12.7 Å². The number of esters is 1. The molecular weight excluding hydrogens is 306 g/mol. The van der Waals surface area contributed by atoms with Crippen LogP contribution in [0.2, 0.25) is 0 Å². The van der Waals surface area contributed by atoms with Crippen molar-refractivity contribution in [2.45, 2.75) is 19.4 Å². The van der Waals surface area contributed by atoms with E-state index in [0.717, 1.165) is 5.56 Å². The molecule has 0 radical (unpaired) electrons. The molecule has 24 heavy (non-hydrogen) atoms. The Morgan fingerprint density at radius 3 is 2.46 bits per heavy atom. The molecule has 0 unspecified atom stereocenters. The maximum absolute atomic E-state index is 11.7. The summed E-state index contributed by atoms with van der Waals surface area (Å²) in [5.41, 5.74) is 2.76. The second kappa shape index (κ2) is 8.84. The SMILES string of the molecule is Cc1ccccc1CCNC(=O)COC(=O)[C@H](O)c1ccccc1. The molecule has 0 aliphatic heterocycles. The van der Waals surface area contributed by atoms with Crippen LogP contribution in [0.3, 0.4) is 0 Å². The van der Waals surface area contributed by atoms with E-state index in [1.165, 1.54) is 5.56 Å². The summed E-state index contributed by atoms with van der Waals surface area (Å²) in [4.78, 5) is 23.4. The van der Waals surface area contributed by atoms with Gasteiger partial charge in [0.1, 0.15) is 0 Å². The zero-order valence-corrected chi connectivity index (χ0v) is 13.6. The number of carbonyl (C=O) groups is 2. The highest BCUT2D eigenvalue weighted by Gasteiger charge is 2.19. The molecule has 0 spiro atoms. The average molecular weight is 327 g/mol. The van der Waals surface area contributed by atoms with Crippen LogP contribution in [0.25, 0.3) is 0 Å². The van der Waals surface area contributed by atoms with Crippen molar-refractivity contribution in [2.24, 2.45) is 0 Å². The van der Waals surface area contributed by atoms with Crippen LogP contribution < -0.4 is 5.32 Å². The highest BCUT2D eigenvalue weighted by atomic mass is 16.5. The smallest absolute Gasteiger partial charge is 0.340 e. The summed E-state index contributed by atoms with van der Waals surface area (Å²) in [5.74, 6) is -1.23. The van der Waals surface area contributed by atoms with Gasteiger partial charge in [-0.05, 0) is 30.0 Å². The molecule has 0 aliphatic carbocycles. The second-order valence-corrected chi connectivity index (χ2v) is 5.45. The minimum absolute atomic E-state index is 0.391. The standard InChI is InChI=1S/C19H21NO4/c1-14-7-5-6-8-15(14)11-12-20-17(21)13-24-19(23)18(22)16-9-3-2-4-10-16/h2-10,18,22H,11-13H2,1H3,(H,20,21)/t18-/m1/s1. The van der Waals surface area contributed by atoms with Crippen molar-refractivity contribution in [1.82, 2.24) is 5.32 Å². The summed E-state index contributed by atoms with van der Waals surface area (Å²) >= 11 is 0. The summed E-state index contributed by atoms with van der Waals surface area (Å²) in [6, 6.07) is 16.4. The first kappa shape index (κ1) is 17.7. The summed E-state index contributed by atoms with van der Waals surface area (Å²) in [5, 5.41) is 12.5. The van der Waals surface area contributed by atoms with Crippen molar-refractivity contribution < 1.29 is 19.4 Å². The topological polar surface area (TPSA) is 75.6 Å². The van der Waals surface area contributed by atoms with Crippen molar-refractivity contribution in [3.63, 3.8) is 0 Å². The molecule has 0 heterocycles. The van der Waals surface area contributed by atoms with Gasteiger partial charge in [-0.3, -0.25) is 4.79 Å². The number of rotatable bonds is 7. The van der Waals surface area contributed by atoms with Crippen LogP contribution in [0.1, 0.15) is 22.8 Å². The molecule has 0 aliphatic rings. The van der Waals surface area contributed by atoms with Gasteiger partial charge >= 0.3 is 5.97 Å². The molecule has 2 N–H and O–H groups in total. The molecule has 0 saturated carbocycles. The Balaban J connectivity index is 1.71. The van der Waals surface area contributed by atoms with Gasteiger partial charge in [-0.2, -0.15) is 0 Å². The normalized spacial score (nSPS) is 11.6. The highest BCUT2D eigenvalue weighted by molar-refractivity contribution is 5.82. The van der Waals surface area contributed by atoms with Crippen molar-refractivity contribution in [2.75, 3.05) is 13.2 Å². The molecule has 0 aromatic heterocycles. The number of benzene rings is 2. The van der Waals surface area contributed by atoms with Crippen LogP contribution in [0.4, 0.5) is 0 Å². The Hall–Kier alpha value is -2.66. The lowest BCUT2D eigenvalue weighted by atomic mass is 10.1. The molecule has 2 rings (SSSR count). The Kier molecular flexibility index (Phi) is 6.51. The number of amides is 1. The van der Waals surface area contributed by atoms with E-state index in [1.54, 1.807) is 30.3 Å². The number of aliphatic hydroxyl groups excluding tert-OH is 1. The van der Waals surface area contributed by atoms with Gasteiger partial charge in [0.05, 0.1) is 0 Å². The average Bonchev–Trinajstić information content (AvgIpc) is 2.61. The van der Waals surface area contributed by atoms with E-state index in [2.05, 4.69) is 5.32 Å². The third-order valence-corrected chi connectivity index (χ3v) is 3.66. The van der Waals surface area contributed by atoms with Gasteiger partial charge in [-0.1, -0.05) is 54.6 Å². The van der Waals surface area contributed by atoms with Crippen molar-refractivity contribution in [3.05, 3.63) is 71.3 Å². The number of hydrogen-bond acceptors (Lipinski definition) is 4. The minimum atomic E-state index is -1.38.